The van der Waals surface area contributed by atoms with Crippen LogP contribution in [-0.4, -0.2) is 18.1 Å². The summed E-state index contributed by atoms with van der Waals surface area (Å²) in [5.74, 6) is 0. The van der Waals surface area contributed by atoms with E-state index < -0.39 is 0 Å². The number of hydrogen-bond acceptors (Lipinski definition) is 2. The van der Waals surface area contributed by atoms with Crippen molar-refractivity contribution in [2.24, 2.45) is 0 Å². The Kier molecular flexibility index (Phi) is 3.96. The monoisotopic (exact) mass is 292 g/mol. The highest BCUT2D eigenvalue weighted by molar-refractivity contribution is 5.97. The summed E-state index contributed by atoms with van der Waals surface area (Å²) in [6.45, 7) is 6.16. The highest BCUT2D eigenvalue weighted by atomic mass is 16.1. The predicted molar refractivity (Wildman–Crippen MR) is 93.6 cm³/mol. The smallest absolute Gasteiger partial charge is 0.248 e. The number of rotatable bonds is 4. The molecule has 0 aliphatic rings. The van der Waals surface area contributed by atoms with Crippen LogP contribution in [0.3, 0.4) is 0 Å². The van der Waals surface area contributed by atoms with Gasteiger partial charge < -0.3 is 9.88 Å². The summed E-state index contributed by atoms with van der Waals surface area (Å²) in [6.07, 6.45) is 0. The Morgan fingerprint density at radius 2 is 1.68 bits per heavy atom. The third-order valence-electron chi connectivity index (χ3n) is 4.04. The molecule has 1 heterocycles. The number of nitrogens with one attached hydrogen (secondary N) is 1. The van der Waals surface area contributed by atoms with Gasteiger partial charge in [0.25, 0.3) is 0 Å². The standard InChI is InChI=1S/C19H20N2O/c1-3-21(4-2)15-12-17(14-8-6-5-7-9-14)16-10-11-19(22)20-18(16)13-15/h5-13H,3-4H2,1-2H3,(H,20,22). The lowest BCUT2D eigenvalue weighted by atomic mass is 9.99. The van der Waals surface area contributed by atoms with Gasteiger partial charge in [-0.15, -0.1) is 0 Å². The van der Waals surface area contributed by atoms with E-state index >= 15 is 0 Å². The Balaban J connectivity index is 2.31. The van der Waals surface area contributed by atoms with Crippen molar-refractivity contribution < 1.29 is 0 Å². The average Bonchev–Trinajstić information content (AvgIpc) is 2.55. The maximum Gasteiger partial charge on any atom is 0.248 e. The largest absolute Gasteiger partial charge is 0.372 e. The van der Waals surface area contributed by atoms with Crippen molar-refractivity contribution in [3.05, 3.63) is 65.0 Å². The Bertz CT molecular complexity index is 833. The molecule has 0 aliphatic carbocycles. The first-order valence-electron chi connectivity index (χ1n) is 7.70. The van der Waals surface area contributed by atoms with E-state index in [-0.39, 0.29) is 5.56 Å². The summed E-state index contributed by atoms with van der Waals surface area (Å²) in [4.78, 5) is 16.9. The molecule has 3 heteroatoms. The van der Waals surface area contributed by atoms with Crippen LogP contribution < -0.4 is 10.5 Å². The Morgan fingerprint density at radius 3 is 2.36 bits per heavy atom. The highest BCUT2D eigenvalue weighted by Crippen LogP contribution is 2.32. The molecule has 22 heavy (non-hydrogen) atoms. The van der Waals surface area contributed by atoms with Gasteiger partial charge in [-0.25, -0.2) is 0 Å². The fourth-order valence-electron chi connectivity index (χ4n) is 2.88. The number of aromatic amines is 1. The number of aromatic nitrogens is 1. The molecule has 3 rings (SSSR count). The van der Waals surface area contributed by atoms with Crippen molar-refractivity contribution in [1.82, 2.24) is 4.98 Å². The summed E-state index contributed by atoms with van der Waals surface area (Å²) >= 11 is 0. The van der Waals surface area contributed by atoms with Crippen LogP contribution in [0.1, 0.15) is 13.8 Å². The normalized spacial score (nSPS) is 10.8. The zero-order valence-electron chi connectivity index (χ0n) is 13.0. The minimum atomic E-state index is -0.0665. The number of pyridine rings is 1. The molecule has 0 aliphatic heterocycles. The second-order valence-electron chi connectivity index (χ2n) is 5.32. The van der Waals surface area contributed by atoms with E-state index in [4.69, 9.17) is 0 Å². The van der Waals surface area contributed by atoms with Crippen molar-refractivity contribution >= 4 is 16.6 Å². The fourth-order valence-corrected chi connectivity index (χ4v) is 2.88. The number of nitrogens with zero attached hydrogens (tertiary/aromatic N) is 1. The Hall–Kier alpha value is -2.55. The molecule has 0 spiro atoms. The van der Waals surface area contributed by atoms with E-state index in [0.717, 1.165) is 40.8 Å². The quantitative estimate of drug-likeness (QED) is 0.787. The number of hydrogen-bond donors (Lipinski definition) is 1. The number of benzene rings is 2. The van der Waals surface area contributed by atoms with Crippen LogP contribution in [0.5, 0.6) is 0 Å². The van der Waals surface area contributed by atoms with Crippen LogP contribution in [0, 0.1) is 0 Å². The molecule has 0 saturated carbocycles. The van der Waals surface area contributed by atoms with Crippen molar-refractivity contribution in [1.29, 1.82) is 0 Å². The molecule has 1 aromatic heterocycles. The van der Waals surface area contributed by atoms with Crippen LogP contribution in [0.2, 0.25) is 0 Å². The number of H-pyrrole nitrogens is 1. The second-order valence-corrected chi connectivity index (χ2v) is 5.32. The molecule has 112 valence electrons. The van der Waals surface area contributed by atoms with E-state index in [1.54, 1.807) is 6.07 Å². The van der Waals surface area contributed by atoms with Crippen LogP contribution in [0.4, 0.5) is 5.69 Å². The zero-order chi connectivity index (χ0) is 15.5. The lowest BCUT2D eigenvalue weighted by molar-refractivity contribution is 0.867. The van der Waals surface area contributed by atoms with Crippen LogP contribution >= 0.6 is 0 Å². The molecule has 1 N–H and O–H groups in total. The van der Waals surface area contributed by atoms with Crippen molar-refractivity contribution in [2.75, 3.05) is 18.0 Å². The van der Waals surface area contributed by atoms with Crippen molar-refractivity contribution in [3.8, 4) is 11.1 Å². The maximum atomic E-state index is 11.7. The van der Waals surface area contributed by atoms with Crippen LogP contribution in [-0.2, 0) is 0 Å². The van der Waals surface area contributed by atoms with Crippen molar-refractivity contribution in [3.63, 3.8) is 0 Å². The highest BCUT2D eigenvalue weighted by Gasteiger charge is 2.10. The van der Waals surface area contributed by atoms with Gasteiger partial charge in [-0.05, 0) is 43.2 Å². The summed E-state index contributed by atoms with van der Waals surface area (Å²) in [5, 5.41) is 1.07. The lowest BCUT2D eigenvalue weighted by Crippen LogP contribution is -2.22. The molecule has 0 amide bonds. The summed E-state index contributed by atoms with van der Waals surface area (Å²) < 4.78 is 0. The summed E-state index contributed by atoms with van der Waals surface area (Å²) in [7, 11) is 0. The Morgan fingerprint density at radius 1 is 0.955 bits per heavy atom. The van der Waals surface area contributed by atoms with E-state index in [1.807, 2.05) is 24.3 Å². The van der Waals surface area contributed by atoms with Gasteiger partial charge in [0.05, 0.1) is 5.52 Å². The molecule has 0 fully saturated rings. The van der Waals surface area contributed by atoms with E-state index in [9.17, 15) is 4.79 Å². The first-order valence-corrected chi connectivity index (χ1v) is 7.70. The van der Waals surface area contributed by atoms with Gasteiger partial charge in [0.2, 0.25) is 5.56 Å². The van der Waals surface area contributed by atoms with Gasteiger partial charge >= 0.3 is 0 Å². The topological polar surface area (TPSA) is 36.1 Å². The third-order valence-corrected chi connectivity index (χ3v) is 4.04. The van der Waals surface area contributed by atoms with Gasteiger partial charge in [-0.2, -0.15) is 0 Å². The molecular formula is C19H20N2O. The van der Waals surface area contributed by atoms with Gasteiger partial charge in [-0.3, -0.25) is 4.79 Å². The van der Waals surface area contributed by atoms with Gasteiger partial charge in [0.1, 0.15) is 0 Å². The summed E-state index contributed by atoms with van der Waals surface area (Å²) in [6, 6.07) is 18.1. The first kappa shape index (κ1) is 14.4. The fraction of sp³-hybridized carbons (Fsp3) is 0.211. The van der Waals surface area contributed by atoms with Crippen LogP contribution in [0.25, 0.3) is 22.0 Å². The summed E-state index contributed by atoms with van der Waals surface area (Å²) in [5.41, 5.74) is 4.27. The maximum absolute atomic E-state index is 11.7. The molecule has 2 aromatic carbocycles. The second kappa shape index (κ2) is 6.06. The average molecular weight is 292 g/mol. The van der Waals surface area contributed by atoms with E-state index in [1.165, 1.54) is 0 Å². The van der Waals surface area contributed by atoms with Gasteiger partial charge in [0.15, 0.2) is 0 Å². The predicted octanol–water partition coefficient (Wildman–Crippen LogP) is 4.04. The Labute approximate surface area is 130 Å². The molecule has 3 aromatic rings. The molecule has 0 radical (unpaired) electrons. The van der Waals surface area contributed by atoms with Gasteiger partial charge in [-0.1, -0.05) is 30.3 Å². The molecule has 0 atom stereocenters. The van der Waals surface area contributed by atoms with Crippen LogP contribution in [0.15, 0.2) is 59.4 Å². The van der Waals surface area contributed by atoms with E-state index in [0.29, 0.717) is 0 Å². The van der Waals surface area contributed by atoms with Gasteiger partial charge in [0, 0.05) is 30.2 Å². The number of fused-ring (bicyclic) bond motifs is 1. The molecule has 0 saturated heterocycles. The van der Waals surface area contributed by atoms with Crippen molar-refractivity contribution in [2.45, 2.75) is 13.8 Å². The first-order chi connectivity index (χ1) is 10.7. The lowest BCUT2D eigenvalue weighted by Gasteiger charge is -2.22. The molecule has 0 bridgehead atoms. The van der Waals surface area contributed by atoms with E-state index in [2.05, 4.69) is 48.0 Å². The third kappa shape index (κ3) is 2.62. The zero-order valence-corrected chi connectivity index (χ0v) is 13.0. The molecular weight excluding hydrogens is 272 g/mol. The minimum absolute atomic E-state index is 0.0665. The molecule has 3 nitrogen and oxygen atoms in total. The SMILES string of the molecule is CCN(CC)c1cc(-c2ccccc2)c2ccc(=O)[nH]c2c1. The number of anilines is 1. The minimum Gasteiger partial charge on any atom is -0.372 e. The molecule has 0 unspecified atom stereocenters.